The summed E-state index contributed by atoms with van der Waals surface area (Å²) in [6.07, 6.45) is 6.75. The SMILES string of the molecule is CC(N)/C=C/c1scnc1C1CC1. The van der Waals surface area contributed by atoms with E-state index < -0.39 is 0 Å². The van der Waals surface area contributed by atoms with Crippen LogP contribution in [-0.2, 0) is 0 Å². The summed E-state index contributed by atoms with van der Waals surface area (Å²) in [5.41, 5.74) is 8.85. The molecule has 0 saturated heterocycles. The van der Waals surface area contributed by atoms with Gasteiger partial charge in [0.15, 0.2) is 0 Å². The Balaban J connectivity index is 2.14. The molecule has 1 fully saturated rings. The van der Waals surface area contributed by atoms with Gasteiger partial charge in [-0.05, 0) is 25.8 Å². The van der Waals surface area contributed by atoms with Crippen LogP contribution >= 0.6 is 11.3 Å². The first-order valence-corrected chi connectivity index (χ1v) is 5.52. The monoisotopic (exact) mass is 194 g/mol. The van der Waals surface area contributed by atoms with Gasteiger partial charge in [-0.2, -0.15) is 0 Å². The molecule has 1 atom stereocenters. The Morgan fingerprint density at radius 1 is 1.69 bits per heavy atom. The Labute approximate surface area is 82.5 Å². The second-order valence-corrected chi connectivity index (χ2v) is 4.48. The molecule has 1 heterocycles. The van der Waals surface area contributed by atoms with Gasteiger partial charge in [-0.3, -0.25) is 0 Å². The summed E-state index contributed by atoms with van der Waals surface area (Å²) >= 11 is 1.71. The molecule has 13 heavy (non-hydrogen) atoms. The van der Waals surface area contributed by atoms with Gasteiger partial charge in [0.05, 0.1) is 16.1 Å². The topological polar surface area (TPSA) is 38.9 Å². The van der Waals surface area contributed by atoms with E-state index in [4.69, 9.17) is 5.73 Å². The molecule has 2 rings (SSSR count). The van der Waals surface area contributed by atoms with E-state index in [1.165, 1.54) is 23.4 Å². The molecule has 0 amide bonds. The van der Waals surface area contributed by atoms with Gasteiger partial charge >= 0.3 is 0 Å². The zero-order chi connectivity index (χ0) is 9.26. The minimum atomic E-state index is 0.133. The molecule has 0 bridgehead atoms. The van der Waals surface area contributed by atoms with Gasteiger partial charge in [-0.15, -0.1) is 11.3 Å². The first-order valence-electron chi connectivity index (χ1n) is 4.64. The summed E-state index contributed by atoms with van der Waals surface area (Å²) in [7, 11) is 0. The lowest BCUT2D eigenvalue weighted by Gasteiger charge is -1.95. The van der Waals surface area contributed by atoms with Crippen molar-refractivity contribution in [3.05, 3.63) is 22.2 Å². The summed E-state index contributed by atoms with van der Waals surface area (Å²) in [5, 5.41) is 0. The fourth-order valence-corrected chi connectivity index (χ4v) is 2.07. The summed E-state index contributed by atoms with van der Waals surface area (Å²) in [6.45, 7) is 1.98. The maximum Gasteiger partial charge on any atom is 0.0801 e. The summed E-state index contributed by atoms with van der Waals surface area (Å²) in [4.78, 5) is 5.67. The molecular weight excluding hydrogens is 180 g/mol. The first kappa shape index (κ1) is 8.91. The molecule has 2 nitrogen and oxygen atoms in total. The molecule has 1 aromatic heterocycles. The number of nitrogens with zero attached hydrogens (tertiary/aromatic N) is 1. The molecule has 2 N–H and O–H groups in total. The molecule has 0 spiro atoms. The van der Waals surface area contributed by atoms with Gasteiger partial charge in [-0.1, -0.05) is 6.08 Å². The van der Waals surface area contributed by atoms with Crippen LogP contribution in [0.4, 0.5) is 0 Å². The molecule has 1 aromatic rings. The number of hydrogen-bond acceptors (Lipinski definition) is 3. The van der Waals surface area contributed by atoms with E-state index in [-0.39, 0.29) is 6.04 Å². The zero-order valence-corrected chi connectivity index (χ0v) is 8.55. The molecule has 70 valence electrons. The first-order chi connectivity index (χ1) is 6.27. The highest BCUT2D eigenvalue weighted by molar-refractivity contribution is 7.10. The van der Waals surface area contributed by atoms with E-state index in [2.05, 4.69) is 11.1 Å². The van der Waals surface area contributed by atoms with Crippen molar-refractivity contribution in [1.29, 1.82) is 0 Å². The van der Waals surface area contributed by atoms with E-state index in [1.54, 1.807) is 11.3 Å². The van der Waals surface area contributed by atoms with Crippen molar-refractivity contribution in [2.75, 3.05) is 0 Å². The molecule has 3 heteroatoms. The second kappa shape index (κ2) is 3.60. The van der Waals surface area contributed by atoms with Gasteiger partial charge in [-0.25, -0.2) is 4.98 Å². The quantitative estimate of drug-likeness (QED) is 0.802. The Kier molecular flexibility index (Phi) is 2.47. The molecule has 1 saturated carbocycles. The molecule has 0 aliphatic heterocycles. The predicted molar refractivity (Wildman–Crippen MR) is 56.8 cm³/mol. The second-order valence-electron chi connectivity index (χ2n) is 3.59. The van der Waals surface area contributed by atoms with Crippen molar-refractivity contribution in [2.45, 2.75) is 31.7 Å². The lowest BCUT2D eigenvalue weighted by atomic mass is 10.2. The van der Waals surface area contributed by atoms with Crippen LogP contribution in [0.3, 0.4) is 0 Å². The highest BCUT2D eigenvalue weighted by Crippen LogP contribution is 2.42. The van der Waals surface area contributed by atoms with Crippen molar-refractivity contribution in [2.24, 2.45) is 5.73 Å². The van der Waals surface area contributed by atoms with E-state index in [0.717, 1.165) is 5.92 Å². The van der Waals surface area contributed by atoms with Crippen molar-refractivity contribution >= 4 is 17.4 Å². The molecule has 1 aliphatic carbocycles. The number of nitrogens with two attached hydrogens (primary N) is 1. The lowest BCUT2D eigenvalue weighted by Crippen LogP contribution is -2.09. The van der Waals surface area contributed by atoms with Crippen LogP contribution in [0.25, 0.3) is 6.08 Å². The third kappa shape index (κ3) is 2.17. The fourth-order valence-electron chi connectivity index (χ4n) is 1.29. The highest BCUT2D eigenvalue weighted by Gasteiger charge is 2.27. The largest absolute Gasteiger partial charge is 0.325 e. The molecule has 1 aliphatic rings. The fraction of sp³-hybridized carbons (Fsp3) is 0.500. The van der Waals surface area contributed by atoms with Crippen LogP contribution < -0.4 is 5.73 Å². The van der Waals surface area contributed by atoms with Crippen LogP contribution in [0.15, 0.2) is 11.6 Å². The number of aromatic nitrogens is 1. The highest BCUT2D eigenvalue weighted by atomic mass is 32.1. The van der Waals surface area contributed by atoms with Crippen molar-refractivity contribution in [3.8, 4) is 0 Å². The Bertz CT molecular complexity index is 310. The van der Waals surface area contributed by atoms with E-state index >= 15 is 0 Å². The number of hydrogen-bond donors (Lipinski definition) is 1. The molecule has 1 unspecified atom stereocenters. The molecule has 0 radical (unpaired) electrons. The van der Waals surface area contributed by atoms with Crippen LogP contribution in [0, 0.1) is 0 Å². The minimum absolute atomic E-state index is 0.133. The van der Waals surface area contributed by atoms with E-state index in [0.29, 0.717) is 0 Å². The van der Waals surface area contributed by atoms with E-state index in [9.17, 15) is 0 Å². The van der Waals surface area contributed by atoms with Crippen LogP contribution in [0.1, 0.15) is 36.3 Å². The van der Waals surface area contributed by atoms with Crippen LogP contribution in [0.5, 0.6) is 0 Å². The Hall–Kier alpha value is -0.670. The van der Waals surface area contributed by atoms with Crippen LogP contribution in [0.2, 0.25) is 0 Å². The van der Waals surface area contributed by atoms with Crippen molar-refractivity contribution in [1.82, 2.24) is 4.98 Å². The number of thiazole rings is 1. The third-order valence-electron chi connectivity index (χ3n) is 2.14. The smallest absolute Gasteiger partial charge is 0.0801 e. The average molecular weight is 194 g/mol. The summed E-state index contributed by atoms with van der Waals surface area (Å²) < 4.78 is 0. The standard InChI is InChI=1S/C10H14N2S/c1-7(11)2-5-9-10(8-3-4-8)12-6-13-9/h2,5-8H,3-4,11H2,1H3/b5-2+. The normalized spacial score (nSPS) is 19.5. The van der Waals surface area contributed by atoms with Gasteiger partial charge in [0.2, 0.25) is 0 Å². The third-order valence-corrected chi connectivity index (χ3v) is 2.95. The summed E-state index contributed by atoms with van der Waals surface area (Å²) in [5.74, 6) is 0.735. The Morgan fingerprint density at radius 2 is 2.46 bits per heavy atom. The summed E-state index contributed by atoms with van der Waals surface area (Å²) in [6, 6.07) is 0.133. The van der Waals surface area contributed by atoms with E-state index in [1.807, 2.05) is 18.5 Å². The van der Waals surface area contributed by atoms with Crippen LogP contribution in [-0.4, -0.2) is 11.0 Å². The maximum absolute atomic E-state index is 5.65. The van der Waals surface area contributed by atoms with Crippen molar-refractivity contribution in [3.63, 3.8) is 0 Å². The van der Waals surface area contributed by atoms with Gasteiger partial charge < -0.3 is 5.73 Å². The lowest BCUT2D eigenvalue weighted by molar-refractivity contribution is 0.930. The van der Waals surface area contributed by atoms with Gasteiger partial charge in [0, 0.05) is 12.0 Å². The maximum atomic E-state index is 5.65. The average Bonchev–Trinajstić information content (AvgIpc) is 2.82. The molecule has 0 aromatic carbocycles. The van der Waals surface area contributed by atoms with Gasteiger partial charge in [0.1, 0.15) is 0 Å². The number of rotatable bonds is 3. The van der Waals surface area contributed by atoms with Gasteiger partial charge in [0.25, 0.3) is 0 Å². The minimum Gasteiger partial charge on any atom is -0.325 e. The van der Waals surface area contributed by atoms with Crippen molar-refractivity contribution < 1.29 is 0 Å². The predicted octanol–water partition coefficient (Wildman–Crippen LogP) is 2.38. The zero-order valence-electron chi connectivity index (χ0n) is 7.73. The molecular formula is C10H14N2S. The Morgan fingerprint density at radius 3 is 3.08 bits per heavy atom.